The number of hydrogen-bond acceptors (Lipinski definition) is 3. The summed E-state index contributed by atoms with van der Waals surface area (Å²) in [5.74, 6) is 0. The molecule has 1 aromatic rings. The van der Waals surface area contributed by atoms with Crippen molar-refractivity contribution in [2.24, 2.45) is 0 Å². The number of piperidine rings is 1. The van der Waals surface area contributed by atoms with Crippen LogP contribution in [0.5, 0.6) is 0 Å². The van der Waals surface area contributed by atoms with Gasteiger partial charge in [0.2, 0.25) is 0 Å². The van der Waals surface area contributed by atoms with Crippen molar-refractivity contribution >= 4 is 21.6 Å². The Labute approximate surface area is 123 Å². The standard InChI is InChI=1S/C15H21BrN2O/c1-17-9-10-2-3-11(16)6-15(10)18-12-4-5-13(18)8-14(19)7-12/h2-3,6,12-14,17,19H,4-5,7-9H2,1H3. The molecule has 2 fully saturated rings. The first kappa shape index (κ1) is 13.4. The highest BCUT2D eigenvalue weighted by Crippen LogP contribution is 2.41. The highest BCUT2D eigenvalue weighted by Gasteiger charge is 2.40. The van der Waals surface area contributed by atoms with Crippen LogP contribution in [0.3, 0.4) is 0 Å². The lowest BCUT2D eigenvalue weighted by molar-refractivity contribution is 0.126. The first-order valence-electron chi connectivity index (χ1n) is 7.08. The Bertz CT molecular complexity index is 451. The van der Waals surface area contributed by atoms with Crippen molar-refractivity contribution in [1.29, 1.82) is 0 Å². The topological polar surface area (TPSA) is 35.5 Å². The van der Waals surface area contributed by atoms with Crippen molar-refractivity contribution in [2.45, 2.75) is 50.4 Å². The summed E-state index contributed by atoms with van der Waals surface area (Å²) in [6, 6.07) is 7.56. The number of hydrogen-bond donors (Lipinski definition) is 2. The second-order valence-corrected chi connectivity index (χ2v) is 6.64. The van der Waals surface area contributed by atoms with Gasteiger partial charge in [-0.1, -0.05) is 22.0 Å². The molecule has 0 aromatic heterocycles. The number of anilines is 1. The Kier molecular flexibility index (Phi) is 3.83. The van der Waals surface area contributed by atoms with E-state index in [4.69, 9.17) is 0 Å². The molecule has 2 heterocycles. The molecule has 0 amide bonds. The number of halogens is 1. The van der Waals surface area contributed by atoms with E-state index in [1.807, 2.05) is 7.05 Å². The molecule has 0 aliphatic carbocycles. The molecule has 2 bridgehead atoms. The minimum Gasteiger partial charge on any atom is -0.393 e. The molecule has 19 heavy (non-hydrogen) atoms. The lowest BCUT2D eigenvalue weighted by atomic mass is 9.98. The summed E-state index contributed by atoms with van der Waals surface area (Å²) in [6.45, 7) is 0.890. The van der Waals surface area contributed by atoms with Crippen molar-refractivity contribution in [3.8, 4) is 0 Å². The molecule has 1 aromatic carbocycles. The zero-order chi connectivity index (χ0) is 13.4. The van der Waals surface area contributed by atoms with E-state index in [1.165, 1.54) is 24.1 Å². The molecule has 0 radical (unpaired) electrons. The minimum absolute atomic E-state index is 0.103. The van der Waals surface area contributed by atoms with Crippen LogP contribution in [0.25, 0.3) is 0 Å². The van der Waals surface area contributed by atoms with Gasteiger partial charge >= 0.3 is 0 Å². The quantitative estimate of drug-likeness (QED) is 0.897. The Morgan fingerprint density at radius 2 is 2.00 bits per heavy atom. The van der Waals surface area contributed by atoms with Crippen LogP contribution in [0.4, 0.5) is 5.69 Å². The first-order valence-corrected chi connectivity index (χ1v) is 7.87. The van der Waals surface area contributed by atoms with Gasteiger partial charge in [0.1, 0.15) is 0 Å². The van der Waals surface area contributed by atoms with Crippen LogP contribution in [-0.2, 0) is 6.54 Å². The van der Waals surface area contributed by atoms with Crippen molar-refractivity contribution in [1.82, 2.24) is 5.32 Å². The molecule has 2 N–H and O–H groups in total. The average Bonchev–Trinajstić information content (AvgIpc) is 2.64. The van der Waals surface area contributed by atoms with E-state index in [2.05, 4.69) is 44.3 Å². The molecular weight excluding hydrogens is 304 g/mol. The Morgan fingerprint density at radius 1 is 1.32 bits per heavy atom. The molecule has 104 valence electrons. The second kappa shape index (κ2) is 5.43. The van der Waals surface area contributed by atoms with E-state index >= 15 is 0 Å². The van der Waals surface area contributed by atoms with Gasteiger partial charge in [-0.3, -0.25) is 0 Å². The molecule has 2 saturated heterocycles. The summed E-state index contributed by atoms with van der Waals surface area (Å²) in [5, 5.41) is 13.2. The van der Waals surface area contributed by atoms with Gasteiger partial charge in [-0.05, 0) is 50.4 Å². The summed E-state index contributed by atoms with van der Waals surface area (Å²) in [7, 11) is 1.99. The van der Waals surface area contributed by atoms with Crippen LogP contribution in [0.15, 0.2) is 22.7 Å². The summed E-state index contributed by atoms with van der Waals surface area (Å²) in [4.78, 5) is 2.56. The third kappa shape index (κ3) is 2.54. The zero-order valence-electron chi connectivity index (χ0n) is 11.3. The number of fused-ring (bicyclic) bond motifs is 2. The predicted octanol–water partition coefficient (Wildman–Crippen LogP) is 2.66. The monoisotopic (exact) mass is 324 g/mol. The van der Waals surface area contributed by atoms with Crippen molar-refractivity contribution < 1.29 is 5.11 Å². The maximum absolute atomic E-state index is 9.93. The van der Waals surface area contributed by atoms with E-state index in [-0.39, 0.29) is 6.10 Å². The van der Waals surface area contributed by atoms with Crippen molar-refractivity contribution in [3.63, 3.8) is 0 Å². The van der Waals surface area contributed by atoms with Crippen LogP contribution < -0.4 is 10.2 Å². The number of benzene rings is 1. The van der Waals surface area contributed by atoms with E-state index < -0.39 is 0 Å². The van der Waals surface area contributed by atoms with E-state index in [0.717, 1.165) is 23.9 Å². The normalized spacial score (nSPS) is 29.8. The maximum atomic E-state index is 9.93. The third-order valence-electron chi connectivity index (χ3n) is 4.40. The van der Waals surface area contributed by atoms with Crippen LogP contribution in [0.2, 0.25) is 0 Å². The van der Waals surface area contributed by atoms with E-state index in [1.54, 1.807) is 0 Å². The number of nitrogens with one attached hydrogen (secondary N) is 1. The second-order valence-electron chi connectivity index (χ2n) is 5.72. The number of aliphatic hydroxyl groups is 1. The van der Waals surface area contributed by atoms with Crippen LogP contribution in [0.1, 0.15) is 31.2 Å². The third-order valence-corrected chi connectivity index (χ3v) is 4.89. The first-order chi connectivity index (χ1) is 9.19. The summed E-state index contributed by atoms with van der Waals surface area (Å²) in [6.07, 6.45) is 4.17. The maximum Gasteiger partial charge on any atom is 0.0579 e. The van der Waals surface area contributed by atoms with Crippen LogP contribution >= 0.6 is 15.9 Å². The molecule has 3 rings (SSSR count). The largest absolute Gasteiger partial charge is 0.393 e. The van der Waals surface area contributed by atoms with Gasteiger partial charge in [0.05, 0.1) is 6.10 Å². The van der Waals surface area contributed by atoms with Crippen molar-refractivity contribution in [3.05, 3.63) is 28.2 Å². The average molecular weight is 325 g/mol. The van der Waals surface area contributed by atoms with Crippen LogP contribution in [-0.4, -0.2) is 30.3 Å². The molecule has 3 nitrogen and oxygen atoms in total. The Hall–Kier alpha value is -0.580. The molecule has 2 aliphatic rings. The number of nitrogens with zero attached hydrogens (tertiary/aromatic N) is 1. The molecule has 4 heteroatoms. The SMILES string of the molecule is CNCc1ccc(Br)cc1N1C2CCC1CC(O)C2. The van der Waals surface area contributed by atoms with Gasteiger partial charge < -0.3 is 15.3 Å². The highest BCUT2D eigenvalue weighted by molar-refractivity contribution is 9.10. The van der Waals surface area contributed by atoms with Gasteiger partial charge in [-0.2, -0.15) is 0 Å². The Balaban J connectivity index is 1.95. The number of rotatable bonds is 3. The smallest absolute Gasteiger partial charge is 0.0579 e. The fourth-order valence-corrected chi connectivity index (χ4v) is 4.01. The van der Waals surface area contributed by atoms with Gasteiger partial charge in [0, 0.05) is 28.8 Å². The van der Waals surface area contributed by atoms with E-state index in [0.29, 0.717) is 12.1 Å². The Morgan fingerprint density at radius 3 is 2.63 bits per heavy atom. The van der Waals surface area contributed by atoms with Gasteiger partial charge in [-0.25, -0.2) is 0 Å². The number of aliphatic hydroxyl groups excluding tert-OH is 1. The summed E-state index contributed by atoms with van der Waals surface area (Å²) >= 11 is 3.59. The molecule has 0 saturated carbocycles. The van der Waals surface area contributed by atoms with E-state index in [9.17, 15) is 5.11 Å². The summed E-state index contributed by atoms with van der Waals surface area (Å²) in [5.41, 5.74) is 2.68. The molecule has 2 atom stereocenters. The fourth-order valence-electron chi connectivity index (χ4n) is 3.66. The molecular formula is C15H21BrN2O. The van der Waals surface area contributed by atoms with Gasteiger partial charge in [-0.15, -0.1) is 0 Å². The van der Waals surface area contributed by atoms with Crippen LogP contribution in [0, 0.1) is 0 Å². The molecule has 0 spiro atoms. The zero-order valence-corrected chi connectivity index (χ0v) is 12.9. The molecule has 2 aliphatic heterocycles. The summed E-state index contributed by atoms with van der Waals surface area (Å²) < 4.78 is 1.13. The van der Waals surface area contributed by atoms with Crippen molar-refractivity contribution in [2.75, 3.05) is 11.9 Å². The van der Waals surface area contributed by atoms with Gasteiger partial charge in [0.15, 0.2) is 0 Å². The lowest BCUT2D eigenvalue weighted by Gasteiger charge is -2.40. The molecule has 2 unspecified atom stereocenters. The fraction of sp³-hybridized carbons (Fsp3) is 0.600. The highest BCUT2D eigenvalue weighted by atomic mass is 79.9. The van der Waals surface area contributed by atoms with Gasteiger partial charge in [0.25, 0.3) is 0 Å². The minimum atomic E-state index is -0.103. The predicted molar refractivity (Wildman–Crippen MR) is 81.4 cm³/mol. The lowest BCUT2D eigenvalue weighted by Crippen LogP contribution is -2.45.